The van der Waals surface area contributed by atoms with Crippen LogP contribution in [-0.4, -0.2) is 6.36 Å². The van der Waals surface area contributed by atoms with Gasteiger partial charge >= 0.3 is 6.36 Å². The van der Waals surface area contributed by atoms with Crippen molar-refractivity contribution in [1.82, 2.24) is 0 Å². The van der Waals surface area contributed by atoms with Crippen molar-refractivity contribution in [3.05, 3.63) is 22.7 Å². The van der Waals surface area contributed by atoms with Crippen molar-refractivity contribution < 1.29 is 17.9 Å². The Bertz CT molecular complexity index is 329. The Morgan fingerprint density at radius 2 is 2.00 bits per heavy atom. The van der Waals surface area contributed by atoms with Crippen LogP contribution in [0.4, 0.5) is 18.9 Å². The molecule has 0 atom stereocenters. The fourth-order valence-corrected chi connectivity index (χ4v) is 1.17. The molecule has 3 nitrogen and oxygen atoms in total. The molecule has 1 rings (SSSR count). The molecule has 0 bridgehead atoms. The molecule has 0 saturated carbocycles. The number of hydrazine groups is 1. The summed E-state index contributed by atoms with van der Waals surface area (Å²) < 4.78 is 39.6. The average molecular weight is 271 g/mol. The number of hydrogen-bond donors (Lipinski definition) is 2. The SMILES string of the molecule is NNc1cc(OC(F)(F)F)ccc1Br. The number of hydrogen-bond acceptors (Lipinski definition) is 3. The molecule has 0 amide bonds. The second-order valence-corrected chi connectivity index (χ2v) is 3.19. The molecular formula is C7H6BrF3N2O. The van der Waals surface area contributed by atoms with Gasteiger partial charge in [0.15, 0.2) is 0 Å². The van der Waals surface area contributed by atoms with E-state index >= 15 is 0 Å². The van der Waals surface area contributed by atoms with E-state index in [9.17, 15) is 13.2 Å². The predicted molar refractivity (Wildman–Crippen MR) is 48.6 cm³/mol. The van der Waals surface area contributed by atoms with Gasteiger partial charge in [0.2, 0.25) is 0 Å². The van der Waals surface area contributed by atoms with Crippen LogP contribution in [0.3, 0.4) is 0 Å². The number of rotatable bonds is 2. The molecule has 0 aromatic heterocycles. The number of nitrogens with two attached hydrogens (primary N) is 1. The molecule has 0 fully saturated rings. The molecule has 0 aliphatic carbocycles. The van der Waals surface area contributed by atoms with Gasteiger partial charge in [-0.2, -0.15) is 0 Å². The van der Waals surface area contributed by atoms with Gasteiger partial charge in [-0.3, -0.25) is 5.84 Å². The Balaban J connectivity index is 2.90. The number of ether oxygens (including phenoxy) is 1. The maximum absolute atomic E-state index is 11.8. The Labute approximate surface area is 86.1 Å². The highest BCUT2D eigenvalue weighted by atomic mass is 79.9. The predicted octanol–water partition coefficient (Wildman–Crippen LogP) is 2.63. The van der Waals surface area contributed by atoms with Crippen molar-refractivity contribution in [3.8, 4) is 5.75 Å². The lowest BCUT2D eigenvalue weighted by Gasteiger charge is -2.10. The van der Waals surface area contributed by atoms with Crippen molar-refractivity contribution in [1.29, 1.82) is 0 Å². The van der Waals surface area contributed by atoms with Gasteiger partial charge < -0.3 is 10.2 Å². The Morgan fingerprint density at radius 3 is 2.50 bits per heavy atom. The van der Waals surface area contributed by atoms with Crippen molar-refractivity contribution in [2.75, 3.05) is 5.43 Å². The van der Waals surface area contributed by atoms with E-state index in [1.807, 2.05) is 0 Å². The van der Waals surface area contributed by atoms with Crippen LogP contribution in [0.15, 0.2) is 22.7 Å². The third-order valence-corrected chi connectivity index (χ3v) is 2.02. The number of nitrogen functional groups attached to an aromatic ring is 1. The van der Waals surface area contributed by atoms with E-state index in [1.54, 1.807) is 0 Å². The van der Waals surface area contributed by atoms with Gasteiger partial charge in [-0.1, -0.05) is 0 Å². The minimum absolute atomic E-state index is 0.312. The summed E-state index contributed by atoms with van der Waals surface area (Å²) in [5.41, 5.74) is 2.54. The summed E-state index contributed by atoms with van der Waals surface area (Å²) in [6.07, 6.45) is -4.69. The highest BCUT2D eigenvalue weighted by Crippen LogP contribution is 2.29. The van der Waals surface area contributed by atoms with Crippen LogP contribution >= 0.6 is 15.9 Å². The molecule has 0 spiro atoms. The molecule has 0 radical (unpaired) electrons. The molecule has 0 saturated heterocycles. The monoisotopic (exact) mass is 270 g/mol. The lowest BCUT2D eigenvalue weighted by molar-refractivity contribution is -0.274. The maximum atomic E-state index is 11.8. The van der Waals surface area contributed by atoms with Gasteiger partial charge in [0, 0.05) is 10.5 Å². The highest BCUT2D eigenvalue weighted by Gasteiger charge is 2.31. The second-order valence-electron chi connectivity index (χ2n) is 2.33. The topological polar surface area (TPSA) is 47.3 Å². The smallest absolute Gasteiger partial charge is 0.406 e. The molecule has 14 heavy (non-hydrogen) atoms. The minimum Gasteiger partial charge on any atom is -0.406 e. The van der Waals surface area contributed by atoms with Crippen LogP contribution in [0, 0.1) is 0 Å². The largest absolute Gasteiger partial charge is 0.573 e. The lowest BCUT2D eigenvalue weighted by atomic mass is 10.3. The molecule has 0 aliphatic heterocycles. The van der Waals surface area contributed by atoms with Crippen LogP contribution in [0.25, 0.3) is 0 Å². The number of halogens is 4. The summed E-state index contributed by atoms with van der Waals surface area (Å²) in [6.45, 7) is 0. The quantitative estimate of drug-likeness (QED) is 0.642. The number of alkyl halides is 3. The summed E-state index contributed by atoms with van der Waals surface area (Å²) in [4.78, 5) is 0. The molecule has 3 N–H and O–H groups in total. The van der Waals surface area contributed by atoms with Crippen LogP contribution < -0.4 is 16.0 Å². The summed E-state index contributed by atoms with van der Waals surface area (Å²) in [5, 5.41) is 0. The van der Waals surface area contributed by atoms with Crippen molar-refractivity contribution >= 4 is 21.6 Å². The van der Waals surface area contributed by atoms with Gasteiger partial charge in [0.1, 0.15) is 5.75 Å². The number of nitrogens with one attached hydrogen (secondary N) is 1. The summed E-state index contributed by atoms with van der Waals surface area (Å²) in [7, 11) is 0. The maximum Gasteiger partial charge on any atom is 0.573 e. The Morgan fingerprint density at radius 1 is 1.36 bits per heavy atom. The summed E-state index contributed by atoms with van der Waals surface area (Å²) in [5.74, 6) is 4.74. The minimum atomic E-state index is -4.69. The average Bonchev–Trinajstić information content (AvgIpc) is 2.06. The van der Waals surface area contributed by atoms with Crippen LogP contribution in [0.5, 0.6) is 5.75 Å². The molecule has 0 unspecified atom stereocenters. The fraction of sp³-hybridized carbons (Fsp3) is 0.143. The highest BCUT2D eigenvalue weighted by molar-refractivity contribution is 9.10. The molecule has 1 aromatic carbocycles. The normalized spacial score (nSPS) is 11.2. The summed E-state index contributed by atoms with van der Waals surface area (Å²) in [6, 6.07) is 3.71. The van der Waals surface area contributed by atoms with Gasteiger partial charge in [0.05, 0.1) is 5.69 Å². The summed E-state index contributed by atoms with van der Waals surface area (Å²) >= 11 is 3.09. The van der Waals surface area contributed by atoms with Gasteiger partial charge in [-0.15, -0.1) is 13.2 Å². The van der Waals surface area contributed by atoms with Gasteiger partial charge in [-0.05, 0) is 28.1 Å². The first-order valence-corrected chi connectivity index (χ1v) is 4.23. The third-order valence-electron chi connectivity index (χ3n) is 1.33. The zero-order valence-electron chi connectivity index (χ0n) is 6.73. The van der Waals surface area contributed by atoms with E-state index in [2.05, 4.69) is 26.1 Å². The first-order valence-electron chi connectivity index (χ1n) is 3.44. The van der Waals surface area contributed by atoms with E-state index in [-0.39, 0.29) is 5.75 Å². The first-order chi connectivity index (χ1) is 6.42. The third kappa shape index (κ3) is 3.08. The molecule has 0 heterocycles. The van der Waals surface area contributed by atoms with Gasteiger partial charge in [-0.25, -0.2) is 0 Å². The van der Waals surface area contributed by atoms with E-state index in [0.717, 1.165) is 6.07 Å². The molecule has 7 heteroatoms. The van der Waals surface area contributed by atoms with Crippen molar-refractivity contribution in [2.24, 2.45) is 5.84 Å². The number of anilines is 1. The molecule has 1 aromatic rings. The van der Waals surface area contributed by atoms with Crippen LogP contribution in [-0.2, 0) is 0 Å². The zero-order valence-corrected chi connectivity index (χ0v) is 8.32. The number of benzene rings is 1. The van der Waals surface area contributed by atoms with Crippen molar-refractivity contribution in [3.63, 3.8) is 0 Å². The molecular weight excluding hydrogens is 265 g/mol. The molecule has 0 aliphatic rings. The fourth-order valence-electron chi connectivity index (χ4n) is 0.812. The van der Waals surface area contributed by atoms with Crippen molar-refractivity contribution in [2.45, 2.75) is 6.36 Å². The first kappa shape index (κ1) is 11.1. The van der Waals surface area contributed by atoms with E-state index in [4.69, 9.17) is 5.84 Å². The van der Waals surface area contributed by atoms with Gasteiger partial charge in [0.25, 0.3) is 0 Å². The van der Waals surface area contributed by atoms with E-state index < -0.39 is 6.36 Å². The van der Waals surface area contributed by atoms with E-state index in [0.29, 0.717) is 10.2 Å². The lowest BCUT2D eigenvalue weighted by Crippen LogP contribution is -2.17. The molecule has 78 valence electrons. The zero-order chi connectivity index (χ0) is 10.8. The van der Waals surface area contributed by atoms with E-state index in [1.165, 1.54) is 12.1 Å². The van der Waals surface area contributed by atoms with Crippen LogP contribution in [0.2, 0.25) is 0 Å². The Hall–Kier alpha value is -0.950. The second kappa shape index (κ2) is 4.05. The Kier molecular flexibility index (Phi) is 3.22. The standard InChI is InChI=1S/C7H6BrF3N2O/c8-5-2-1-4(3-6(5)13-12)14-7(9,10)11/h1-3,13H,12H2. The van der Waals surface area contributed by atoms with Crippen LogP contribution in [0.1, 0.15) is 0 Å².